The molecule has 1 N–H and O–H groups in total. The van der Waals surface area contributed by atoms with E-state index in [1.54, 1.807) is 0 Å². The van der Waals surface area contributed by atoms with Gasteiger partial charge >= 0.3 is 0 Å². The summed E-state index contributed by atoms with van der Waals surface area (Å²) < 4.78 is 0. The number of benzene rings is 1. The normalized spacial score (nSPS) is 15.9. The topological polar surface area (TPSA) is 32.3 Å². The highest BCUT2D eigenvalue weighted by Crippen LogP contribution is 2.26. The van der Waals surface area contributed by atoms with E-state index in [-0.39, 0.29) is 11.9 Å². The number of carbonyl (C=O) groups is 1. The van der Waals surface area contributed by atoms with Gasteiger partial charge in [-0.05, 0) is 44.2 Å². The van der Waals surface area contributed by atoms with Crippen LogP contribution in [0.15, 0.2) is 24.3 Å². The lowest BCUT2D eigenvalue weighted by atomic mass is 10.1. The van der Waals surface area contributed by atoms with E-state index >= 15 is 0 Å². The van der Waals surface area contributed by atoms with E-state index in [2.05, 4.69) is 50.4 Å². The first kappa shape index (κ1) is 15.0. The van der Waals surface area contributed by atoms with Gasteiger partial charge in [-0.2, -0.15) is 0 Å². The van der Waals surface area contributed by atoms with Gasteiger partial charge in [0.15, 0.2) is 0 Å². The molecule has 0 aromatic heterocycles. The van der Waals surface area contributed by atoms with Crippen LogP contribution in [0, 0.1) is 0 Å². The van der Waals surface area contributed by atoms with Crippen molar-refractivity contribution < 1.29 is 4.79 Å². The molecule has 1 fully saturated rings. The summed E-state index contributed by atoms with van der Waals surface area (Å²) in [4.78, 5) is 14.2. The zero-order valence-corrected chi connectivity index (χ0v) is 12.9. The lowest BCUT2D eigenvalue weighted by Gasteiger charge is -2.22. The van der Waals surface area contributed by atoms with Crippen molar-refractivity contribution in [1.82, 2.24) is 10.2 Å². The Hall–Kier alpha value is -1.35. The Bertz CT molecular complexity index is 437. The molecule has 1 aliphatic rings. The third kappa shape index (κ3) is 3.83. The zero-order chi connectivity index (χ0) is 14.5. The summed E-state index contributed by atoms with van der Waals surface area (Å²) in [7, 11) is 0. The van der Waals surface area contributed by atoms with Crippen LogP contribution >= 0.6 is 0 Å². The zero-order valence-electron chi connectivity index (χ0n) is 12.9. The molecular formula is C17H26N2O. The predicted octanol–water partition coefficient (Wildman–Crippen LogP) is 2.91. The quantitative estimate of drug-likeness (QED) is 0.829. The third-order valence-electron chi connectivity index (χ3n) is 4.10. The van der Waals surface area contributed by atoms with Crippen molar-refractivity contribution >= 4 is 5.91 Å². The van der Waals surface area contributed by atoms with E-state index in [1.807, 2.05) is 4.90 Å². The number of amides is 1. The van der Waals surface area contributed by atoms with Gasteiger partial charge in [-0.25, -0.2) is 0 Å². The predicted molar refractivity (Wildman–Crippen MR) is 82.6 cm³/mol. The van der Waals surface area contributed by atoms with Crippen LogP contribution in [0.2, 0.25) is 0 Å². The van der Waals surface area contributed by atoms with Crippen molar-refractivity contribution in [2.45, 2.75) is 52.1 Å². The Kier molecular flexibility index (Phi) is 5.18. The summed E-state index contributed by atoms with van der Waals surface area (Å²) in [6.45, 7) is 7.59. The summed E-state index contributed by atoms with van der Waals surface area (Å²) >= 11 is 0. The standard InChI is InChI=1S/C17H26N2O/c1-4-14-6-8-15(9-7-14)13(3)18-12-17(20)19(5-2)16-10-11-16/h6-9,13,16,18H,4-5,10-12H2,1-3H3. The highest BCUT2D eigenvalue weighted by atomic mass is 16.2. The van der Waals surface area contributed by atoms with Gasteiger partial charge in [-0.3, -0.25) is 4.79 Å². The Morgan fingerprint density at radius 1 is 1.30 bits per heavy atom. The molecule has 0 spiro atoms. The van der Waals surface area contributed by atoms with E-state index in [4.69, 9.17) is 0 Å². The lowest BCUT2D eigenvalue weighted by Crippen LogP contribution is -2.40. The number of hydrogen-bond donors (Lipinski definition) is 1. The molecule has 20 heavy (non-hydrogen) atoms. The molecular weight excluding hydrogens is 248 g/mol. The SMILES string of the molecule is CCc1ccc(C(C)NCC(=O)N(CC)C2CC2)cc1. The first-order chi connectivity index (χ1) is 9.65. The summed E-state index contributed by atoms with van der Waals surface area (Å²) in [6.07, 6.45) is 3.41. The largest absolute Gasteiger partial charge is 0.339 e. The first-order valence-electron chi connectivity index (χ1n) is 7.77. The van der Waals surface area contributed by atoms with E-state index in [1.165, 1.54) is 24.0 Å². The van der Waals surface area contributed by atoms with E-state index < -0.39 is 0 Å². The summed E-state index contributed by atoms with van der Waals surface area (Å²) in [5, 5.41) is 3.34. The highest BCUT2D eigenvalue weighted by molar-refractivity contribution is 5.79. The van der Waals surface area contributed by atoms with Crippen molar-refractivity contribution in [3.05, 3.63) is 35.4 Å². The number of hydrogen-bond acceptors (Lipinski definition) is 2. The summed E-state index contributed by atoms with van der Waals surface area (Å²) in [6, 6.07) is 9.35. The molecule has 2 rings (SSSR count). The third-order valence-corrected chi connectivity index (χ3v) is 4.10. The smallest absolute Gasteiger partial charge is 0.236 e. The van der Waals surface area contributed by atoms with Gasteiger partial charge in [0.1, 0.15) is 0 Å². The lowest BCUT2D eigenvalue weighted by molar-refractivity contribution is -0.130. The highest BCUT2D eigenvalue weighted by Gasteiger charge is 2.31. The van der Waals surface area contributed by atoms with Crippen molar-refractivity contribution in [3.63, 3.8) is 0 Å². The van der Waals surface area contributed by atoms with Crippen LogP contribution in [0.4, 0.5) is 0 Å². The maximum atomic E-state index is 12.2. The second-order valence-electron chi connectivity index (χ2n) is 5.61. The molecule has 1 aliphatic carbocycles. The van der Waals surface area contributed by atoms with Gasteiger partial charge in [0.05, 0.1) is 6.54 Å². The van der Waals surface area contributed by atoms with Crippen LogP contribution in [0.1, 0.15) is 50.8 Å². The Balaban J connectivity index is 1.84. The van der Waals surface area contributed by atoms with Gasteiger partial charge in [0.2, 0.25) is 5.91 Å². The van der Waals surface area contributed by atoms with Crippen LogP contribution in [0.3, 0.4) is 0 Å². The monoisotopic (exact) mass is 274 g/mol. The van der Waals surface area contributed by atoms with E-state index in [9.17, 15) is 4.79 Å². The number of likely N-dealkylation sites (N-methyl/N-ethyl adjacent to an activating group) is 1. The van der Waals surface area contributed by atoms with Crippen LogP contribution < -0.4 is 5.32 Å². The summed E-state index contributed by atoms with van der Waals surface area (Å²) in [5.74, 6) is 0.229. The van der Waals surface area contributed by atoms with E-state index in [0.717, 1.165) is 13.0 Å². The van der Waals surface area contributed by atoms with Gasteiger partial charge in [0, 0.05) is 18.6 Å². The molecule has 0 radical (unpaired) electrons. The number of aryl methyl sites for hydroxylation is 1. The molecule has 1 atom stereocenters. The van der Waals surface area contributed by atoms with Crippen molar-refractivity contribution in [2.24, 2.45) is 0 Å². The number of nitrogens with one attached hydrogen (secondary N) is 1. The Morgan fingerprint density at radius 3 is 2.45 bits per heavy atom. The maximum absolute atomic E-state index is 12.2. The van der Waals surface area contributed by atoms with Crippen molar-refractivity contribution in [3.8, 4) is 0 Å². The fourth-order valence-corrected chi connectivity index (χ4v) is 2.53. The minimum Gasteiger partial charge on any atom is -0.339 e. The van der Waals surface area contributed by atoms with Crippen molar-refractivity contribution in [2.75, 3.05) is 13.1 Å². The molecule has 1 saturated carbocycles. The van der Waals surface area contributed by atoms with Crippen LogP contribution in [-0.4, -0.2) is 29.9 Å². The minimum atomic E-state index is 0.211. The second kappa shape index (κ2) is 6.89. The molecule has 3 heteroatoms. The molecule has 0 saturated heterocycles. The van der Waals surface area contributed by atoms with Crippen molar-refractivity contribution in [1.29, 1.82) is 0 Å². The van der Waals surface area contributed by atoms with Gasteiger partial charge < -0.3 is 10.2 Å². The van der Waals surface area contributed by atoms with Crippen LogP contribution in [0.25, 0.3) is 0 Å². The van der Waals surface area contributed by atoms with Gasteiger partial charge in [-0.1, -0.05) is 31.2 Å². The van der Waals surface area contributed by atoms with Gasteiger partial charge in [0.25, 0.3) is 0 Å². The maximum Gasteiger partial charge on any atom is 0.236 e. The number of rotatable bonds is 7. The molecule has 1 aromatic carbocycles. The molecule has 1 amide bonds. The average molecular weight is 274 g/mol. The fourth-order valence-electron chi connectivity index (χ4n) is 2.53. The van der Waals surface area contributed by atoms with E-state index in [0.29, 0.717) is 12.6 Å². The van der Waals surface area contributed by atoms with Crippen LogP contribution in [0.5, 0.6) is 0 Å². The molecule has 0 heterocycles. The molecule has 110 valence electrons. The molecule has 1 unspecified atom stereocenters. The first-order valence-corrected chi connectivity index (χ1v) is 7.77. The molecule has 0 aliphatic heterocycles. The molecule has 3 nitrogen and oxygen atoms in total. The fraction of sp³-hybridized carbons (Fsp3) is 0.588. The second-order valence-corrected chi connectivity index (χ2v) is 5.61. The number of carbonyl (C=O) groups excluding carboxylic acids is 1. The average Bonchev–Trinajstić information content (AvgIpc) is 3.30. The Labute approximate surface area is 122 Å². The van der Waals surface area contributed by atoms with Crippen LogP contribution in [-0.2, 0) is 11.2 Å². The molecule has 0 bridgehead atoms. The summed E-state index contributed by atoms with van der Waals surface area (Å²) in [5.41, 5.74) is 2.59. The minimum absolute atomic E-state index is 0.211. The number of nitrogens with zero attached hydrogens (tertiary/aromatic N) is 1. The molecule has 1 aromatic rings. The Morgan fingerprint density at radius 2 is 1.95 bits per heavy atom. The van der Waals surface area contributed by atoms with Gasteiger partial charge in [-0.15, -0.1) is 0 Å².